The normalized spacial score (nSPS) is 10.2. The summed E-state index contributed by atoms with van der Waals surface area (Å²) in [5.41, 5.74) is 2.15. The van der Waals surface area contributed by atoms with Gasteiger partial charge in [-0.2, -0.15) is 0 Å². The number of hydrogen-bond acceptors (Lipinski definition) is 2. The van der Waals surface area contributed by atoms with Crippen LogP contribution in [0.5, 0.6) is 0 Å². The fourth-order valence-electron chi connectivity index (χ4n) is 1.96. The Labute approximate surface area is 130 Å². The molecule has 0 heterocycles. The lowest BCUT2D eigenvalue weighted by atomic mass is 10.1. The van der Waals surface area contributed by atoms with Gasteiger partial charge in [-0.25, -0.2) is 4.79 Å². The first-order chi connectivity index (χ1) is 10.0. The minimum Gasteiger partial charge on any atom is -0.478 e. The smallest absolute Gasteiger partial charge is 0.335 e. The van der Waals surface area contributed by atoms with Crippen LogP contribution >= 0.6 is 15.9 Å². The van der Waals surface area contributed by atoms with Crippen molar-refractivity contribution in [3.63, 3.8) is 0 Å². The summed E-state index contributed by atoms with van der Waals surface area (Å²) >= 11 is 3.40. The second-order valence-corrected chi connectivity index (χ2v) is 5.41. The average Bonchev–Trinajstić information content (AvgIpc) is 2.49. The van der Waals surface area contributed by atoms with E-state index in [4.69, 9.17) is 5.11 Å². The van der Waals surface area contributed by atoms with Crippen LogP contribution in [0.4, 0.5) is 5.69 Å². The van der Waals surface area contributed by atoms with Gasteiger partial charge in [0.15, 0.2) is 0 Å². The lowest BCUT2D eigenvalue weighted by molar-refractivity contribution is 0.0697. The van der Waals surface area contributed by atoms with E-state index in [9.17, 15) is 9.59 Å². The number of anilines is 1. The van der Waals surface area contributed by atoms with Crippen LogP contribution in [-0.4, -0.2) is 17.0 Å². The summed E-state index contributed by atoms with van der Waals surface area (Å²) in [6.07, 6.45) is 0.782. The Morgan fingerprint density at radius 3 is 2.52 bits per heavy atom. The number of carboxylic acid groups (broad SMARTS) is 1. The number of rotatable bonds is 4. The number of nitrogens with one attached hydrogen (secondary N) is 1. The molecule has 0 fully saturated rings. The Kier molecular flexibility index (Phi) is 4.75. The number of benzene rings is 2. The number of carbonyl (C=O) groups is 2. The molecular weight excluding hydrogens is 334 g/mol. The third kappa shape index (κ3) is 3.70. The second kappa shape index (κ2) is 6.54. The van der Waals surface area contributed by atoms with Gasteiger partial charge in [0.05, 0.1) is 5.56 Å². The van der Waals surface area contributed by atoms with E-state index < -0.39 is 5.97 Å². The first-order valence-electron chi connectivity index (χ1n) is 6.44. The van der Waals surface area contributed by atoms with Crippen molar-refractivity contribution in [1.29, 1.82) is 0 Å². The van der Waals surface area contributed by atoms with Gasteiger partial charge in [0.2, 0.25) is 0 Å². The lowest BCUT2D eigenvalue weighted by Gasteiger charge is -2.10. The predicted molar refractivity (Wildman–Crippen MR) is 84.9 cm³/mol. The minimum atomic E-state index is -1.05. The zero-order valence-electron chi connectivity index (χ0n) is 11.4. The molecule has 0 aliphatic heterocycles. The number of aryl methyl sites for hydroxylation is 1. The number of halogens is 1. The van der Waals surface area contributed by atoms with Crippen LogP contribution < -0.4 is 5.32 Å². The molecular formula is C16H14BrNO3. The molecule has 0 aliphatic carbocycles. The first kappa shape index (κ1) is 15.3. The van der Waals surface area contributed by atoms with Crippen molar-refractivity contribution in [2.45, 2.75) is 13.3 Å². The van der Waals surface area contributed by atoms with Crippen LogP contribution in [0.25, 0.3) is 0 Å². The van der Waals surface area contributed by atoms with E-state index in [1.165, 1.54) is 12.1 Å². The third-order valence-corrected chi connectivity index (χ3v) is 3.56. The molecule has 2 aromatic rings. The van der Waals surface area contributed by atoms with Gasteiger partial charge < -0.3 is 10.4 Å². The molecule has 0 radical (unpaired) electrons. The van der Waals surface area contributed by atoms with Gasteiger partial charge in [0, 0.05) is 15.7 Å². The van der Waals surface area contributed by atoms with Crippen LogP contribution in [0.3, 0.4) is 0 Å². The highest BCUT2D eigenvalue weighted by atomic mass is 79.9. The number of amides is 1. The molecule has 0 atom stereocenters. The van der Waals surface area contributed by atoms with Crippen LogP contribution in [-0.2, 0) is 6.42 Å². The molecule has 0 spiro atoms. The van der Waals surface area contributed by atoms with Crippen molar-refractivity contribution in [3.05, 3.63) is 63.6 Å². The molecule has 1 amide bonds. The van der Waals surface area contributed by atoms with Crippen molar-refractivity contribution in [2.75, 3.05) is 5.32 Å². The summed E-state index contributed by atoms with van der Waals surface area (Å²) in [5, 5.41) is 11.8. The van der Waals surface area contributed by atoms with Crippen LogP contribution in [0.2, 0.25) is 0 Å². The standard InChI is InChI=1S/C16H14BrNO3/c1-2-10-9-13(17)6-7-14(10)18-15(19)11-4-3-5-12(8-11)16(20)21/h3-9H,2H2,1H3,(H,18,19)(H,20,21). The molecule has 4 nitrogen and oxygen atoms in total. The van der Waals surface area contributed by atoms with E-state index in [0.717, 1.165) is 22.1 Å². The summed E-state index contributed by atoms with van der Waals surface area (Å²) in [6.45, 7) is 2.00. The van der Waals surface area contributed by atoms with Crippen LogP contribution in [0.1, 0.15) is 33.2 Å². The summed E-state index contributed by atoms with van der Waals surface area (Å²) in [5.74, 6) is -1.38. The van der Waals surface area contributed by atoms with Gasteiger partial charge in [-0.3, -0.25) is 4.79 Å². The molecule has 2 rings (SSSR count). The zero-order valence-corrected chi connectivity index (χ0v) is 13.0. The Bertz CT molecular complexity index is 698. The fraction of sp³-hybridized carbons (Fsp3) is 0.125. The van der Waals surface area contributed by atoms with Crippen molar-refractivity contribution < 1.29 is 14.7 Å². The van der Waals surface area contributed by atoms with E-state index >= 15 is 0 Å². The lowest BCUT2D eigenvalue weighted by Crippen LogP contribution is -2.14. The SMILES string of the molecule is CCc1cc(Br)ccc1NC(=O)c1cccc(C(=O)O)c1. The zero-order chi connectivity index (χ0) is 15.4. The average molecular weight is 348 g/mol. The van der Waals surface area contributed by atoms with E-state index in [-0.39, 0.29) is 11.5 Å². The maximum Gasteiger partial charge on any atom is 0.335 e. The van der Waals surface area contributed by atoms with Crippen LogP contribution in [0.15, 0.2) is 46.9 Å². The van der Waals surface area contributed by atoms with Crippen LogP contribution in [0, 0.1) is 0 Å². The van der Waals surface area contributed by atoms with Gasteiger partial charge in [0.1, 0.15) is 0 Å². The molecule has 0 saturated heterocycles. The highest BCUT2D eigenvalue weighted by Crippen LogP contribution is 2.22. The van der Waals surface area contributed by atoms with Gasteiger partial charge in [-0.05, 0) is 48.4 Å². The topological polar surface area (TPSA) is 66.4 Å². The van der Waals surface area contributed by atoms with Crippen molar-refractivity contribution in [1.82, 2.24) is 0 Å². The molecule has 0 bridgehead atoms. The molecule has 108 valence electrons. The first-order valence-corrected chi connectivity index (χ1v) is 7.23. The number of carbonyl (C=O) groups excluding carboxylic acids is 1. The van der Waals surface area contributed by atoms with Crippen molar-refractivity contribution >= 4 is 33.5 Å². The Morgan fingerprint density at radius 2 is 1.86 bits per heavy atom. The van der Waals surface area contributed by atoms with Crippen molar-refractivity contribution in [3.8, 4) is 0 Å². The van der Waals surface area contributed by atoms with Crippen molar-refractivity contribution in [2.24, 2.45) is 0 Å². The number of carboxylic acids is 1. The van der Waals surface area contributed by atoms with E-state index in [1.54, 1.807) is 12.1 Å². The van der Waals surface area contributed by atoms with Gasteiger partial charge in [-0.15, -0.1) is 0 Å². The van der Waals surface area contributed by atoms with E-state index in [0.29, 0.717) is 5.56 Å². The molecule has 0 saturated carbocycles. The Morgan fingerprint density at radius 1 is 1.14 bits per heavy atom. The summed E-state index contributed by atoms with van der Waals surface area (Å²) in [4.78, 5) is 23.2. The molecule has 0 unspecified atom stereocenters. The van der Waals surface area contributed by atoms with Gasteiger partial charge in [0.25, 0.3) is 5.91 Å². The molecule has 2 aromatic carbocycles. The minimum absolute atomic E-state index is 0.0918. The second-order valence-electron chi connectivity index (χ2n) is 4.50. The quantitative estimate of drug-likeness (QED) is 0.879. The molecule has 0 aliphatic rings. The maximum absolute atomic E-state index is 12.2. The monoisotopic (exact) mass is 347 g/mol. The summed E-state index contributed by atoms with van der Waals surface area (Å²) in [7, 11) is 0. The number of aromatic carboxylic acids is 1. The highest BCUT2D eigenvalue weighted by molar-refractivity contribution is 9.10. The Balaban J connectivity index is 2.26. The Hall–Kier alpha value is -2.14. The largest absolute Gasteiger partial charge is 0.478 e. The van der Waals surface area contributed by atoms with Gasteiger partial charge in [-0.1, -0.05) is 28.9 Å². The predicted octanol–water partition coefficient (Wildman–Crippen LogP) is 3.96. The number of hydrogen-bond donors (Lipinski definition) is 2. The molecule has 0 aromatic heterocycles. The van der Waals surface area contributed by atoms with E-state index in [2.05, 4.69) is 21.2 Å². The molecule has 5 heteroatoms. The van der Waals surface area contributed by atoms with E-state index in [1.807, 2.05) is 25.1 Å². The van der Waals surface area contributed by atoms with Gasteiger partial charge >= 0.3 is 5.97 Å². The highest BCUT2D eigenvalue weighted by Gasteiger charge is 2.11. The summed E-state index contributed by atoms with van der Waals surface area (Å²) in [6, 6.07) is 11.6. The molecule has 21 heavy (non-hydrogen) atoms. The summed E-state index contributed by atoms with van der Waals surface area (Å²) < 4.78 is 0.949. The third-order valence-electron chi connectivity index (χ3n) is 3.07. The molecule has 2 N–H and O–H groups in total. The maximum atomic E-state index is 12.2. The fourth-order valence-corrected chi connectivity index (χ4v) is 2.37.